The van der Waals surface area contributed by atoms with Crippen molar-refractivity contribution in [1.82, 2.24) is 14.4 Å². The van der Waals surface area contributed by atoms with Gasteiger partial charge in [-0.3, -0.25) is 4.40 Å². The summed E-state index contributed by atoms with van der Waals surface area (Å²) in [6.45, 7) is 2.43. The van der Waals surface area contributed by atoms with Gasteiger partial charge >= 0.3 is 0 Å². The zero-order chi connectivity index (χ0) is 8.55. The smallest absolute Gasteiger partial charge is 0.234 e. The SMILES string of the molecule is Cc1ccn2c(CN)cnc2n1. The fourth-order valence-electron chi connectivity index (χ4n) is 1.16. The summed E-state index contributed by atoms with van der Waals surface area (Å²) < 4.78 is 1.90. The second-order valence-corrected chi connectivity index (χ2v) is 2.69. The number of hydrogen-bond donors (Lipinski definition) is 1. The Bertz CT molecular complexity index is 404. The molecule has 12 heavy (non-hydrogen) atoms. The lowest BCUT2D eigenvalue weighted by Crippen LogP contribution is -2.01. The topological polar surface area (TPSA) is 56.2 Å². The van der Waals surface area contributed by atoms with Crippen LogP contribution in [0.4, 0.5) is 0 Å². The van der Waals surface area contributed by atoms with Crippen LogP contribution >= 0.6 is 0 Å². The highest BCUT2D eigenvalue weighted by molar-refractivity contribution is 5.32. The van der Waals surface area contributed by atoms with E-state index in [1.165, 1.54) is 0 Å². The summed E-state index contributed by atoms with van der Waals surface area (Å²) in [4.78, 5) is 8.36. The van der Waals surface area contributed by atoms with Gasteiger partial charge in [0.25, 0.3) is 0 Å². The summed E-state index contributed by atoms with van der Waals surface area (Å²) in [5.74, 6) is 0.718. The Labute approximate surface area is 70.1 Å². The number of nitrogens with zero attached hydrogens (tertiary/aromatic N) is 3. The fourth-order valence-corrected chi connectivity index (χ4v) is 1.16. The molecule has 2 heterocycles. The normalized spacial score (nSPS) is 10.8. The molecule has 0 saturated heterocycles. The third-order valence-electron chi connectivity index (χ3n) is 1.80. The standard InChI is InChI=1S/C8H10N4/c1-6-2-3-12-7(4-9)5-10-8(12)11-6/h2-3,5H,4,9H2,1H3. The van der Waals surface area contributed by atoms with Gasteiger partial charge in [0.05, 0.1) is 11.9 Å². The van der Waals surface area contributed by atoms with Crippen molar-refractivity contribution < 1.29 is 0 Å². The van der Waals surface area contributed by atoms with Crippen molar-refractivity contribution in [1.29, 1.82) is 0 Å². The highest BCUT2D eigenvalue weighted by atomic mass is 15.1. The van der Waals surface area contributed by atoms with Gasteiger partial charge in [0.15, 0.2) is 0 Å². The third-order valence-corrected chi connectivity index (χ3v) is 1.80. The molecule has 2 rings (SSSR count). The van der Waals surface area contributed by atoms with Crippen LogP contribution in [-0.4, -0.2) is 14.4 Å². The minimum absolute atomic E-state index is 0.492. The number of hydrogen-bond acceptors (Lipinski definition) is 3. The first-order chi connectivity index (χ1) is 5.81. The van der Waals surface area contributed by atoms with Crippen LogP contribution in [0.1, 0.15) is 11.4 Å². The molecule has 62 valence electrons. The van der Waals surface area contributed by atoms with Crippen molar-refractivity contribution in [3.05, 3.63) is 29.8 Å². The predicted molar refractivity (Wildman–Crippen MR) is 45.6 cm³/mol. The molecule has 2 aromatic heterocycles. The van der Waals surface area contributed by atoms with Gasteiger partial charge in [0.1, 0.15) is 0 Å². The van der Waals surface area contributed by atoms with E-state index in [-0.39, 0.29) is 0 Å². The van der Waals surface area contributed by atoms with Crippen molar-refractivity contribution in [2.45, 2.75) is 13.5 Å². The molecule has 0 aliphatic heterocycles. The maximum atomic E-state index is 5.51. The van der Waals surface area contributed by atoms with Gasteiger partial charge < -0.3 is 5.73 Å². The van der Waals surface area contributed by atoms with Gasteiger partial charge in [-0.25, -0.2) is 9.97 Å². The second kappa shape index (κ2) is 2.57. The predicted octanol–water partition coefficient (Wildman–Crippen LogP) is 0.496. The average Bonchev–Trinajstić information content (AvgIpc) is 2.46. The highest BCUT2D eigenvalue weighted by Crippen LogP contribution is 2.03. The minimum atomic E-state index is 0.492. The molecule has 0 saturated carbocycles. The van der Waals surface area contributed by atoms with Crippen molar-refractivity contribution in [3.8, 4) is 0 Å². The summed E-state index contributed by atoms with van der Waals surface area (Å²) >= 11 is 0. The maximum absolute atomic E-state index is 5.51. The Morgan fingerprint density at radius 1 is 1.58 bits per heavy atom. The van der Waals surface area contributed by atoms with Crippen LogP contribution < -0.4 is 5.73 Å². The van der Waals surface area contributed by atoms with Crippen LogP contribution in [0.2, 0.25) is 0 Å². The first-order valence-corrected chi connectivity index (χ1v) is 3.81. The van der Waals surface area contributed by atoms with Crippen molar-refractivity contribution >= 4 is 5.78 Å². The molecule has 4 heteroatoms. The molecule has 4 nitrogen and oxygen atoms in total. The summed E-state index contributed by atoms with van der Waals surface area (Å²) in [7, 11) is 0. The van der Waals surface area contributed by atoms with Crippen LogP contribution in [0.15, 0.2) is 18.5 Å². The molecule has 0 radical (unpaired) electrons. The lowest BCUT2D eigenvalue weighted by Gasteiger charge is -1.97. The quantitative estimate of drug-likeness (QED) is 0.664. The van der Waals surface area contributed by atoms with E-state index in [2.05, 4.69) is 9.97 Å². The van der Waals surface area contributed by atoms with E-state index in [0.717, 1.165) is 17.2 Å². The Morgan fingerprint density at radius 3 is 3.17 bits per heavy atom. The molecule has 0 spiro atoms. The van der Waals surface area contributed by atoms with Crippen LogP contribution in [-0.2, 0) is 6.54 Å². The van der Waals surface area contributed by atoms with Crippen LogP contribution in [0.25, 0.3) is 5.78 Å². The van der Waals surface area contributed by atoms with Crippen LogP contribution in [0.3, 0.4) is 0 Å². The average molecular weight is 162 g/mol. The van der Waals surface area contributed by atoms with E-state index in [4.69, 9.17) is 5.73 Å². The van der Waals surface area contributed by atoms with E-state index in [1.807, 2.05) is 23.6 Å². The van der Waals surface area contributed by atoms with Gasteiger partial charge in [-0.2, -0.15) is 0 Å². The van der Waals surface area contributed by atoms with Gasteiger partial charge in [0, 0.05) is 18.4 Å². The molecular formula is C8H10N4. The molecule has 0 aliphatic rings. The lowest BCUT2D eigenvalue weighted by molar-refractivity contribution is 0.941. The maximum Gasteiger partial charge on any atom is 0.234 e. The first kappa shape index (κ1) is 7.24. The van der Waals surface area contributed by atoms with Crippen molar-refractivity contribution in [2.24, 2.45) is 5.73 Å². The van der Waals surface area contributed by atoms with Crippen LogP contribution in [0.5, 0.6) is 0 Å². The van der Waals surface area contributed by atoms with Gasteiger partial charge in [-0.05, 0) is 13.0 Å². The number of fused-ring (bicyclic) bond motifs is 1. The molecular weight excluding hydrogens is 152 g/mol. The number of aromatic nitrogens is 3. The Hall–Kier alpha value is -1.42. The molecule has 2 aromatic rings. The highest BCUT2D eigenvalue weighted by Gasteiger charge is 2.00. The number of imidazole rings is 1. The first-order valence-electron chi connectivity index (χ1n) is 3.81. The monoisotopic (exact) mass is 162 g/mol. The van der Waals surface area contributed by atoms with E-state index in [1.54, 1.807) is 6.20 Å². The molecule has 0 aliphatic carbocycles. The molecule has 0 aromatic carbocycles. The van der Waals surface area contributed by atoms with E-state index < -0.39 is 0 Å². The summed E-state index contributed by atoms with van der Waals surface area (Å²) in [6.07, 6.45) is 3.69. The van der Waals surface area contributed by atoms with Gasteiger partial charge in [-0.15, -0.1) is 0 Å². The Morgan fingerprint density at radius 2 is 2.42 bits per heavy atom. The lowest BCUT2D eigenvalue weighted by atomic mass is 10.4. The molecule has 2 N–H and O–H groups in total. The summed E-state index contributed by atoms with van der Waals surface area (Å²) in [5.41, 5.74) is 7.46. The molecule has 0 amide bonds. The number of rotatable bonds is 1. The van der Waals surface area contributed by atoms with Gasteiger partial charge in [0.2, 0.25) is 5.78 Å². The molecule has 0 bridgehead atoms. The Kier molecular flexibility index (Phi) is 1.55. The van der Waals surface area contributed by atoms with E-state index >= 15 is 0 Å². The van der Waals surface area contributed by atoms with E-state index in [9.17, 15) is 0 Å². The fraction of sp³-hybridized carbons (Fsp3) is 0.250. The van der Waals surface area contributed by atoms with Gasteiger partial charge in [-0.1, -0.05) is 0 Å². The largest absolute Gasteiger partial charge is 0.325 e. The zero-order valence-electron chi connectivity index (χ0n) is 6.86. The summed E-state index contributed by atoms with van der Waals surface area (Å²) in [6, 6.07) is 1.94. The molecule has 0 atom stereocenters. The Balaban J connectivity index is 2.73. The number of aryl methyl sites for hydroxylation is 1. The van der Waals surface area contributed by atoms with Crippen molar-refractivity contribution in [2.75, 3.05) is 0 Å². The van der Waals surface area contributed by atoms with Crippen LogP contribution in [0, 0.1) is 6.92 Å². The third kappa shape index (κ3) is 0.967. The second-order valence-electron chi connectivity index (χ2n) is 2.69. The zero-order valence-corrected chi connectivity index (χ0v) is 6.86. The number of nitrogens with two attached hydrogens (primary N) is 1. The molecule has 0 fully saturated rings. The minimum Gasteiger partial charge on any atom is -0.325 e. The molecule has 0 unspecified atom stereocenters. The summed E-state index contributed by atoms with van der Waals surface area (Å²) in [5, 5.41) is 0. The van der Waals surface area contributed by atoms with E-state index in [0.29, 0.717) is 6.54 Å². The van der Waals surface area contributed by atoms with Crippen molar-refractivity contribution in [3.63, 3.8) is 0 Å².